The second-order valence-corrected chi connectivity index (χ2v) is 5.59. The van der Waals surface area contributed by atoms with Crippen molar-refractivity contribution in [1.29, 1.82) is 0 Å². The topological polar surface area (TPSA) is 53.6 Å². The van der Waals surface area contributed by atoms with Crippen LogP contribution in [0, 0.1) is 6.92 Å². The van der Waals surface area contributed by atoms with Gasteiger partial charge in [0, 0.05) is 18.8 Å². The Bertz CT molecular complexity index is 473. The molecule has 0 heterocycles. The van der Waals surface area contributed by atoms with Crippen LogP contribution in [-0.4, -0.2) is 43.7 Å². The van der Waals surface area contributed by atoms with Crippen LogP contribution in [0.4, 0.5) is 10.5 Å². The summed E-state index contributed by atoms with van der Waals surface area (Å²) in [5, 5.41) is 5.78. The van der Waals surface area contributed by atoms with Gasteiger partial charge >= 0.3 is 6.03 Å². The minimum atomic E-state index is -0.167. The predicted octanol–water partition coefficient (Wildman–Crippen LogP) is 3.64. The number of nitrogens with zero attached hydrogens (tertiary/aromatic N) is 1. The smallest absolute Gasteiger partial charge is 0.319 e. The predicted molar refractivity (Wildman–Crippen MR) is 96.4 cm³/mol. The van der Waals surface area contributed by atoms with E-state index in [2.05, 4.69) is 36.3 Å². The number of urea groups is 1. The summed E-state index contributed by atoms with van der Waals surface area (Å²) >= 11 is 0. The van der Waals surface area contributed by atoms with Crippen LogP contribution >= 0.6 is 0 Å². The van der Waals surface area contributed by atoms with E-state index in [-0.39, 0.29) is 6.03 Å². The van der Waals surface area contributed by atoms with Crippen molar-refractivity contribution in [1.82, 2.24) is 10.2 Å². The summed E-state index contributed by atoms with van der Waals surface area (Å²) in [6.07, 6.45) is 2.17. The van der Waals surface area contributed by atoms with Crippen LogP contribution in [0.25, 0.3) is 0 Å². The average molecular weight is 321 g/mol. The first-order chi connectivity index (χ1) is 11.1. The molecule has 5 nitrogen and oxygen atoms in total. The monoisotopic (exact) mass is 321 g/mol. The standard InChI is InChI=1S/C18H31N3O2/c1-5-8-13-23-16-9-10-17(15(4)14-16)20-18(22)19-11-12-21(6-2)7-3/h9-10,14H,5-8,11-13H2,1-4H3,(H2,19,20,22). The molecule has 2 amide bonds. The van der Waals surface area contributed by atoms with Gasteiger partial charge in [-0.25, -0.2) is 4.79 Å². The molecule has 23 heavy (non-hydrogen) atoms. The van der Waals surface area contributed by atoms with Crippen LogP contribution in [0.1, 0.15) is 39.2 Å². The molecule has 1 rings (SSSR count). The molecule has 1 aromatic rings. The number of unbranched alkanes of at least 4 members (excludes halogenated alkanes) is 1. The molecular formula is C18H31N3O2. The number of nitrogens with one attached hydrogen (secondary N) is 2. The number of aryl methyl sites for hydroxylation is 1. The Balaban J connectivity index is 2.42. The molecule has 0 aliphatic heterocycles. The fourth-order valence-corrected chi connectivity index (χ4v) is 2.23. The number of likely N-dealkylation sites (N-methyl/N-ethyl adjacent to an activating group) is 1. The zero-order valence-corrected chi connectivity index (χ0v) is 14.9. The van der Waals surface area contributed by atoms with E-state index in [1.54, 1.807) is 0 Å². The van der Waals surface area contributed by atoms with Gasteiger partial charge in [0.1, 0.15) is 5.75 Å². The van der Waals surface area contributed by atoms with Crippen molar-refractivity contribution in [2.75, 3.05) is 38.1 Å². The molecule has 0 radical (unpaired) electrons. The van der Waals surface area contributed by atoms with Gasteiger partial charge in [0.15, 0.2) is 0 Å². The zero-order chi connectivity index (χ0) is 17.1. The van der Waals surface area contributed by atoms with E-state index in [9.17, 15) is 4.79 Å². The Morgan fingerprint density at radius 1 is 1.22 bits per heavy atom. The third kappa shape index (κ3) is 7.37. The fourth-order valence-electron chi connectivity index (χ4n) is 2.23. The third-order valence-corrected chi connectivity index (χ3v) is 3.82. The lowest BCUT2D eigenvalue weighted by atomic mass is 10.2. The maximum atomic E-state index is 11.9. The second kappa shape index (κ2) is 10.9. The Labute approximate surface area is 140 Å². The highest BCUT2D eigenvalue weighted by Gasteiger charge is 2.06. The summed E-state index contributed by atoms with van der Waals surface area (Å²) in [6.45, 7) is 12.6. The molecule has 0 aromatic heterocycles. The number of ether oxygens (including phenoxy) is 1. The molecule has 0 aliphatic rings. The van der Waals surface area contributed by atoms with Crippen LogP contribution in [0.5, 0.6) is 5.75 Å². The molecule has 0 fully saturated rings. The van der Waals surface area contributed by atoms with Crippen molar-refractivity contribution in [2.45, 2.75) is 40.5 Å². The third-order valence-electron chi connectivity index (χ3n) is 3.82. The fraction of sp³-hybridized carbons (Fsp3) is 0.611. The molecule has 0 unspecified atom stereocenters. The van der Waals surface area contributed by atoms with Gasteiger partial charge in [-0.3, -0.25) is 0 Å². The highest BCUT2D eigenvalue weighted by molar-refractivity contribution is 5.90. The normalized spacial score (nSPS) is 10.7. The van der Waals surface area contributed by atoms with Gasteiger partial charge in [-0.05, 0) is 50.2 Å². The van der Waals surface area contributed by atoms with E-state index in [1.807, 2.05) is 25.1 Å². The van der Waals surface area contributed by atoms with Gasteiger partial charge in [-0.2, -0.15) is 0 Å². The number of rotatable bonds is 10. The lowest BCUT2D eigenvalue weighted by Gasteiger charge is -2.18. The second-order valence-electron chi connectivity index (χ2n) is 5.59. The largest absolute Gasteiger partial charge is 0.494 e. The number of carbonyl (C=O) groups is 1. The Kier molecular flexibility index (Phi) is 9.14. The van der Waals surface area contributed by atoms with E-state index in [4.69, 9.17) is 4.74 Å². The van der Waals surface area contributed by atoms with E-state index < -0.39 is 0 Å². The molecule has 0 saturated heterocycles. The summed E-state index contributed by atoms with van der Waals surface area (Å²) in [5.74, 6) is 0.850. The molecule has 130 valence electrons. The molecule has 5 heteroatoms. The van der Waals surface area contributed by atoms with E-state index in [1.165, 1.54) is 0 Å². The summed E-state index contributed by atoms with van der Waals surface area (Å²) < 4.78 is 5.67. The van der Waals surface area contributed by atoms with E-state index in [0.29, 0.717) is 6.54 Å². The minimum absolute atomic E-state index is 0.167. The van der Waals surface area contributed by atoms with Crippen molar-refractivity contribution in [2.24, 2.45) is 0 Å². The van der Waals surface area contributed by atoms with Crippen molar-refractivity contribution in [3.63, 3.8) is 0 Å². The number of amides is 2. The van der Waals surface area contributed by atoms with E-state index >= 15 is 0 Å². The molecule has 2 N–H and O–H groups in total. The highest BCUT2D eigenvalue weighted by Crippen LogP contribution is 2.21. The Morgan fingerprint density at radius 3 is 2.57 bits per heavy atom. The molecule has 0 aliphatic carbocycles. The number of hydrogen-bond donors (Lipinski definition) is 2. The van der Waals surface area contributed by atoms with Gasteiger partial charge in [-0.1, -0.05) is 27.2 Å². The number of benzene rings is 1. The summed E-state index contributed by atoms with van der Waals surface area (Å²) in [6, 6.07) is 5.58. The molecule has 0 spiro atoms. The Morgan fingerprint density at radius 2 is 1.96 bits per heavy atom. The number of carbonyl (C=O) groups excluding carboxylic acids is 1. The maximum absolute atomic E-state index is 11.9. The van der Waals surface area contributed by atoms with Crippen LogP contribution in [-0.2, 0) is 0 Å². The zero-order valence-electron chi connectivity index (χ0n) is 14.9. The summed E-state index contributed by atoms with van der Waals surface area (Å²) in [7, 11) is 0. The molecule has 0 atom stereocenters. The van der Waals surface area contributed by atoms with Crippen molar-refractivity contribution >= 4 is 11.7 Å². The van der Waals surface area contributed by atoms with Crippen LogP contribution in [0.15, 0.2) is 18.2 Å². The van der Waals surface area contributed by atoms with Gasteiger partial charge in [-0.15, -0.1) is 0 Å². The molecule has 0 saturated carbocycles. The quantitative estimate of drug-likeness (QED) is 0.647. The maximum Gasteiger partial charge on any atom is 0.319 e. The first kappa shape index (κ1) is 19.3. The highest BCUT2D eigenvalue weighted by atomic mass is 16.5. The molecule has 1 aromatic carbocycles. The van der Waals surface area contributed by atoms with Gasteiger partial charge in [0.25, 0.3) is 0 Å². The van der Waals surface area contributed by atoms with Gasteiger partial charge in [0.2, 0.25) is 0 Å². The number of hydrogen-bond acceptors (Lipinski definition) is 3. The lowest BCUT2D eigenvalue weighted by molar-refractivity contribution is 0.247. The summed E-state index contributed by atoms with van der Waals surface area (Å²) in [4.78, 5) is 14.2. The average Bonchev–Trinajstić information content (AvgIpc) is 2.54. The van der Waals surface area contributed by atoms with Crippen LogP contribution in [0.2, 0.25) is 0 Å². The van der Waals surface area contributed by atoms with Gasteiger partial charge in [0.05, 0.1) is 6.61 Å². The lowest BCUT2D eigenvalue weighted by Crippen LogP contribution is -2.37. The van der Waals surface area contributed by atoms with Gasteiger partial charge < -0.3 is 20.3 Å². The first-order valence-corrected chi connectivity index (χ1v) is 8.61. The molecule has 0 bridgehead atoms. The molecular weight excluding hydrogens is 290 g/mol. The summed E-state index contributed by atoms with van der Waals surface area (Å²) in [5.41, 5.74) is 1.81. The Hall–Kier alpha value is -1.75. The van der Waals surface area contributed by atoms with Crippen molar-refractivity contribution in [3.05, 3.63) is 23.8 Å². The van der Waals surface area contributed by atoms with Crippen LogP contribution < -0.4 is 15.4 Å². The van der Waals surface area contributed by atoms with Crippen LogP contribution in [0.3, 0.4) is 0 Å². The van der Waals surface area contributed by atoms with Crippen molar-refractivity contribution < 1.29 is 9.53 Å². The first-order valence-electron chi connectivity index (χ1n) is 8.61. The van der Waals surface area contributed by atoms with Crippen molar-refractivity contribution in [3.8, 4) is 5.75 Å². The SMILES string of the molecule is CCCCOc1ccc(NC(=O)NCCN(CC)CC)c(C)c1. The minimum Gasteiger partial charge on any atom is -0.494 e. The number of anilines is 1. The van der Waals surface area contributed by atoms with E-state index in [0.717, 1.165) is 56.1 Å².